The van der Waals surface area contributed by atoms with Gasteiger partial charge in [-0.25, -0.2) is 4.79 Å². The first-order chi connectivity index (χ1) is 12.0. The van der Waals surface area contributed by atoms with Crippen LogP contribution >= 0.6 is 11.6 Å². The van der Waals surface area contributed by atoms with Crippen LogP contribution in [0.5, 0.6) is 0 Å². The van der Waals surface area contributed by atoms with Crippen LogP contribution in [0.25, 0.3) is 5.69 Å². The van der Waals surface area contributed by atoms with Crippen LogP contribution in [0.1, 0.15) is 15.9 Å². The van der Waals surface area contributed by atoms with Gasteiger partial charge in [0.1, 0.15) is 0 Å². The summed E-state index contributed by atoms with van der Waals surface area (Å²) in [4.78, 5) is 24.1. The monoisotopic (exact) mass is 353 g/mol. The van der Waals surface area contributed by atoms with Gasteiger partial charge in [-0.2, -0.15) is 0 Å². The van der Waals surface area contributed by atoms with Crippen molar-refractivity contribution >= 4 is 29.2 Å². The number of urea groups is 1. The molecule has 3 aromatic rings. The van der Waals surface area contributed by atoms with Crippen molar-refractivity contribution in [3.8, 4) is 5.69 Å². The summed E-state index contributed by atoms with van der Waals surface area (Å²) in [6.45, 7) is 1.95. The molecule has 3 amide bonds. The number of hydrogen-bond acceptors (Lipinski definition) is 2. The lowest BCUT2D eigenvalue weighted by Gasteiger charge is -2.11. The van der Waals surface area contributed by atoms with E-state index in [0.29, 0.717) is 10.7 Å². The molecule has 126 valence electrons. The van der Waals surface area contributed by atoms with Crippen molar-refractivity contribution in [1.82, 2.24) is 9.88 Å². The van der Waals surface area contributed by atoms with Gasteiger partial charge >= 0.3 is 6.03 Å². The topological polar surface area (TPSA) is 63.1 Å². The largest absolute Gasteiger partial charge is 0.326 e. The summed E-state index contributed by atoms with van der Waals surface area (Å²) < 4.78 is 1.99. The molecule has 6 heteroatoms. The fourth-order valence-electron chi connectivity index (χ4n) is 2.50. The van der Waals surface area contributed by atoms with Gasteiger partial charge < -0.3 is 9.88 Å². The Labute approximate surface area is 150 Å². The molecule has 25 heavy (non-hydrogen) atoms. The molecule has 0 unspecified atom stereocenters. The maximum atomic E-state index is 12.1. The number of imide groups is 1. The smallest absolute Gasteiger partial charge is 0.324 e. The van der Waals surface area contributed by atoms with E-state index in [2.05, 4.69) is 10.6 Å². The number of nitrogens with one attached hydrogen (secondary N) is 2. The zero-order valence-corrected chi connectivity index (χ0v) is 14.2. The maximum absolute atomic E-state index is 12.1. The van der Waals surface area contributed by atoms with E-state index in [9.17, 15) is 9.59 Å². The van der Waals surface area contributed by atoms with Crippen molar-refractivity contribution < 1.29 is 9.59 Å². The van der Waals surface area contributed by atoms with Crippen molar-refractivity contribution in [1.29, 1.82) is 0 Å². The molecule has 0 spiro atoms. The SMILES string of the molecule is Cc1cc(NC(=O)NC(=O)c2ccccc2Cl)ccc1-n1cccc1. The lowest BCUT2D eigenvalue weighted by atomic mass is 10.1. The molecular weight excluding hydrogens is 338 g/mol. The minimum Gasteiger partial charge on any atom is -0.324 e. The van der Waals surface area contributed by atoms with Crippen molar-refractivity contribution in [2.24, 2.45) is 0 Å². The Hall–Kier alpha value is -3.05. The average Bonchev–Trinajstić information content (AvgIpc) is 3.09. The molecule has 5 nitrogen and oxygen atoms in total. The van der Waals surface area contributed by atoms with E-state index in [1.165, 1.54) is 0 Å². The van der Waals surface area contributed by atoms with Gasteiger partial charge in [-0.05, 0) is 55.0 Å². The molecule has 1 heterocycles. The molecule has 0 aliphatic carbocycles. The number of carbonyl (C=O) groups excluding carboxylic acids is 2. The van der Waals surface area contributed by atoms with Gasteiger partial charge in [0.05, 0.1) is 10.6 Å². The highest BCUT2D eigenvalue weighted by Crippen LogP contribution is 2.19. The normalized spacial score (nSPS) is 10.3. The van der Waals surface area contributed by atoms with E-state index in [4.69, 9.17) is 11.6 Å². The number of halogens is 1. The summed E-state index contributed by atoms with van der Waals surface area (Å²) in [6, 6.07) is 15.4. The number of rotatable bonds is 3. The number of anilines is 1. The van der Waals surface area contributed by atoms with Crippen LogP contribution in [0, 0.1) is 6.92 Å². The van der Waals surface area contributed by atoms with E-state index < -0.39 is 11.9 Å². The fraction of sp³-hybridized carbons (Fsp3) is 0.0526. The summed E-state index contributed by atoms with van der Waals surface area (Å²) in [5.41, 5.74) is 2.85. The summed E-state index contributed by atoms with van der Waals surface area (Å²) >= 11 is 5.95. The Morgan fingerprint density at radius 3 is 2.40 bits per heavy atom. The summed E-state index contributed by atoms with van der Waals surface area (Å²) in [5, 5.41) is 5.21. The highest BCUT2D eigenvalue weighted by atomic mass is 35.5. The van der Waals surface area contributed by atoms with Crippen LogP contribution in [0.3, 0.4) is 0 Å². The number of benzene rings is 2. The third-order valence-electron chi connectivity index (χ3n) is 3.68. The van der Waals surface area contributed by atoms with Gasteiger partial charge in [-0.1, -0.05) is 23.7 Å². The van der Waals surface area contributed by atoms with Crippen molar-refractivity contribution in [2.75, 3.05) is 5.32 Å². The summed E-state index contributed by atoms with van der Waals surface area (Å²) in [7, 11) is 0. The number of aryl methyl sites for hydroxylation is 1. The average molecular weight is 354 g/mol. The number of aromatic nitrogens is 1. The molecule has 0 radical (unpaired) electrons. The Bertz CT molecular complexity index is 920. The maximum Gasteiger partial charge on any atom is 0.326 e. The molecule has 0 fully saturated rings. The lowest BCUT2D eigenvalue weighted by molar-refractivity contribution is 0.0967. The molecule has 0 atom stereocenters. The summed E-state index contributed by atoms with van der Waals surface area (Å²) in [5.74, 6) is -0.552. The molecule has 0 bridgehead atoms. The van der Waals surface area contributed by atoms with Crippen LogP contribution in [0.2, 0.25) is 5.02 Å². The quantitative estimate of drug-likeness (QED) is 0.733. The van der Waals surface area contributed by atoms with Gasteiger partial charge in [0.2, 0.25) is 0 Å². The number of amides is 3. The molecule has 0 aliphatic rings. The van der Waals surface area contributed by atoms with Crippen LogP contribution in [-0.4, -0.2) is 16.5 Å². The molecule has 0 aliphatic heterocycles. The second kappa shape index (κ2) is 7.23. The van der Waals surface area contributed by atoms with Crippen LogP contribution in [-0.2, 0) is 0 Å². The lowest BCUT2D eigenvalue weighted by Crippen LogP contribution is -2.34. The van der Waals surface area contributed by atoms with Crippen molar-refractivity contribution in [3.63, 3.8) is 0 Å². The van der Waals surface area contributed by atoms with Gasteiger partial charge in [0.25, 0.3) is 5.91 Å². The highest BCUT2D eigenvalue weighted by Gasteiger charge is 2.13. The molecule has 1 aromatic heterocycles. The standard InChI is InChI=1S/C19H16ClN3O2/c1-13-12-14(8-9-17(13)23-10-4-5-11-23)21-19(25)22-18(24)15-6-2-3-7-16(15)20/h2-12H,1H3,(H2,21,22,24,25). The van der Waals surface area contributed by atoms with Gasteiger partial charge in [-0.3, -0.25) is 10.1 Å². The van der Waals surface area contributed by atoms with Gasteiger partial charge in [-0.15, -0.1) is 0 Å². The van der Waals surface area contributed by atoms with E-state index in [1.54, 1.807) is 30.3 Å². The minimum absolute atomic E-state index is 0.249. The first kappa shape index (κ1) is 16.8. The molecule has 0 saturated heterocycles. The molecule has 3 rings (SSSR count). The van der Waals surface area contributed by atoms with Gasteiger partial charge in [0, 0.05) is 23.8 Å². The third kappa shape index (κ3) is 3.89. The van der Waals surface area contributed by atoms with E-state index >= 15 is 0 Å². The van der Waals surface area contributed by atoms with Crippen LogP contribution in [0.4, 0.5) is 10.5 Å². The van der Waals surface area contributed by atoms with Crippen LogP contribution in [0.15, 0.2) is 67.0 Å². The first-order valence-electron chi connectivity index (χ1n) is 7.65. The van der Waals surface area contributed by atoms with E-state index in [1.807, 2.05) is 48.1 Å². The van der Waals surface area contributed by atoms with Crippen molar-refractivity contribution in [2.45, 2.75) is 6.92 Å². The number of carbonyl (C=O) groups is 2. The predicted molar refractivity (Wildman–Crippen MR) is 98.4 cm³/mol. The molecule has 0 saturated carbocycles. The van der Waals surface area contributed by atoms with Gasteiger partial charge in [0.15, 0.2) is 0 Å². The zero-order valence-electron chi connectivity index (χ0n) is 13.5. The first-order valence-corrected chi connectivity index (χ1v) is 8.03. The third-order valence-corrected chi connectivity index (χ3v) is 4.01. The Balaban J connectivity index is 1.68. The van der Waals surface area contributed by atoms with E-state index in [-0.39, 0.29) is 5.56 Å². The minimum atomic E-state index is -0.613. The zero-order chi connectivity index (χ0) is 17.8. The van der Waals surface area contributed by atoms with Crippen LogP contribution < -0.4 is 10.6 Å². The second-order valence-electron chi connectivity index (χ2n) is 5.48. The fourth-order valence-corrected chi connectivity index (χ4v) is 2.72. The Morgan fingerprint density at radius 1 is 1.00 bits per heavy atom. The Kier molecular flexibility index (Phi) is 4.86. The molecular formula is C19H16ClN3O2. The highest BCUT2D eigenvalue weighted by molar-refractivity contribution is 6.34. The van der Waals surface area contributed by atoms with Crippen molar-refractivity contribution in [3.05, 3.63) is 83.1 Å². The number of nitrogens with zero attached hydrogens (tertiary/aromatic N) is 1. The molecule has 2 N–H and O–H groups in total. The predicted octanol–water partition coefficient (Wildman–Crippen LogP) is 4.40. The second-order valence-corrected chi connectivity index (χ2v) is 5.89. The summed E-state index contributed by atoms with van der Waals surface area (Å²) in [6.07, 6.45) is 3.90. The molecule has 2 aromatic carbocycles. The number of hydrogen-bond donors (Lipinski definition) is 2. The Morgan fingerprint density at radius 2 is 1.72 bits per heavy atom. The van der Waals surface area contributed by atoms with E-state index in [0.717, 1.165) is 11.3 Å².